The van der Waals surface area contributed by atoms with Gasteiger partial charge in [-0.2, -0.15) is 0 Å². The monoisotopic (exact) mass is 393 g/mol. The summed E-state index contributed by atoms with van der Waals surface area (Å²) in [6.07, 6.45) is 0. The van der Waals surface area contributed by atoms with Gasteiger partial charge in [-0.25, -0.2) is 13.1 Å². The molecule has 0 radical (unpaired) electrons. The lowest BCUT2D eigenvalue weighted by Gasteiger charge is -2.18. The summed E-state index contributed by atoms with van der Waals surface area (Å²) >= 11 is 0. The van der Waals surface area contributed by atoms with E-state index >= 15 is 0 Å². The van der Waals surface area contributed by atoms with Crippen LogP contribution in [0.25, 0.3) is 0 Å². The molecule has 0 amide bonds. The zero-order valence-electron chi connectivity index (χ0n) is 16.4. The number of benzene rings is 2. The fraction of sp³-hybridized carbons (Fsp3) is 0.400. The van der Waals surface area contributed by atoms with Crippen LogP contribution in [0, 0.1) is 6.92 Å². The molecule has 0 unspecified atom stereocenters. The normalized spacial score (nSPS) is 12.5. The topological polar surface area (TPSA) is 73.9 Å². The molecule has 148 valence electrons. The lowest BCUT2D eigenvalue weighted by atomic mass is 10.1. The molecule has 0 aliphatic rings. The first kappa shape index (κ1) is 21.1. The van der Waals surface area contributed by atoms with Crippen molar-refractivity contribution in [3.63, 3.8) is 0 Å². The Kier molecular flexibility index (Phi) is 7.10. The second-order valence-electron chi connectivity index (χ2n) is 6.05. The van der Waals surface area contributed by atoms with E-state index in [1.807, 2.05) is 26.8 Å². The number of rotatable bonds is 9. The number of hydrogen-bond acceptors (Lipinski definition) is 5. The molecule has 0 aliphatic carbocycles. The fourth-order valence-corrected chi connectivity index (χ4v) is 4.04. The first-order valence-corrected chi connectivity index (χ1v) is 10.4. The van der Waals surface area contributed by atoms with Gasteiger partial charge in [-0.1, -0.05) is 6.07 Å². The molecule has 0 saturated heterocycles. The van der Waals surface area contributed by atoms with Gasteiger partial charge in [-0.05, 0) is 69.2 Å². The van der Waals surface area contributed by atoms with Crippen molar-refractivity contribution in [1.29, 1.82) is 0 Å². The van der Waals surface area contributed by atoms with Crippen LogP contribution in [0.15, 0.2) is 41.3 Å². The second-order valence-corrected chi connectivity index (χ2v) is 7.76. The minimum atomic E-state index is -3.68. The number of methoxy groups -OCH3 is 1. The first-order chi connectivity index (χ1) is 12.8. The lowest BCUT2D eigenvalue weighted by Crippen LogP contribution is -2.27. The highest BCUT2D eigenvalue weighted by molar-refractivity contribution is 7.89. The van der Waals surface area contributed by atoms with Gasteiger partial charge in [0.25, 0.3) is 0 Å². The van der Waals surface area contributed by atoms with Crippen LogP contribution < -0.4 is 18.9 Å². The summed E-state index contributed by atoms with van der Waals surface area (Å²) in [5.74, 6) is 1.89. The molecule has 2 aromatic rings. The van der Waals surface area contributed by atoms with E-state index in [9.17, 15) is 8.42 Å². The van der Waals surface area contributed by atoms with Crippen LogP contribution in [0.1, 0.15) is 37.9 Å². The molecule has 0 bridgehead atoms. The second kappa shape index (κ2) is 9.10. The van der Waals surface area contributed by atoms with Crippen LogP contribution in [0.2, 0.25) is 0 Å². The van der Waals surface area contributed by atoms with Crippen molar-refractivity contribution < 1.29 is 22.6 Å². The van der Waals surface area contributed by atoms with Gasteiger partial charge in [-0.3, -0.25) is 0 Å². The van der Waals surface area contributed by atoms with Crippen LogP contribution in [-0.4, -0.2) is 28.7 Å². The Morgan fingerprint density at radius 1 is 0.963 bits per heavy atom. The van der Waals surface area contributed by atoms with E-state index in [2.05, 4.69) is 4.72 Å². The van der Waals surface area contributed by atoms with Gasteiger partial charge in [0.2, 0.25) is 10.0 Å². The highest BCUT2D eigenvalue weighted by atomic mass is 32.2. The summed E-state index contributed by atoms with van der Waals surface area (Å²) in [6, 6.07) is 9.78. The van der Waals surface area contributed by atoms with E-state index < -0.39 is 16.1 Å². The maximum Gasteiger partial charge on any atom is 0.241 e. The molecule has 2 rings (SSSR count). The van der Waals surface area contributed by atoms with Gasteiger partial charge in [-0.15, -0.1) is 0 Å². The van der Waals surface area contributed by atoms with Gasteiger partial charge in [0, 0.05) is 6.04 Å². The minimum Gasteiger partial charge on any atom is -0.496 e. The molecule has 0 aromatic heterocycles. The van der Waals surface area contributed by atoms with E-state index in [1.165, 1.54) is 6.07 Å². The van der Waals surface area contributed by atoms with Crippen molar-refractivity contribution in [2.75, 3.05) is 20.3 Å². The first-order valence-electron chi connectivity index (χ1n) is 8.88. The number of nitrogens with one attached hydrogen (secondary N) is 1. The maximum absolute atomic E-state index is 12.7. The molecule has 0 spiro atoms. The van der Waals surface area contributed by atoms with Crippen LogP contribution in [-0.2, 0) is 10.0 Å². The predicted octanol–water partition coefficient (Wildman–Crippen LogP) is 3.84. The lowest BCUT2D eigenvalue weighted by molar-refractivity contribution is 0.287. The van der Waals surface area contributed by atoms with Gasteiger partial charge < -0.3 is 14.2 Å². The smallest absolute Gasteiger partial charge is 0.241 e. The van der Waals surface area contributed by atoms with Crippen LogP contribution in [0.4, 0.5) is 0 Å². The third kappa shape index (κ3) is 5.14. The van der Waals surface area contributed by atoms with E-state index in [4.69, 9.17) is 14.2 Å². The fourth-order valence-electron chi connectivity index (χ4n) is 2.72. The minimum absolute atomic E-state index is 0.198. The molecule has 0 saturated carbocycles. The standard InChI is InChI=1S/C20H27NO5S/c1-6-25-19-10-8-16(13-20(19)26-7-2)15(4)21-27(22,23)17-9-11-18(24-5)14(3)12-17/h8-13,15,21H,6-7H2,1-5H3/t15-/m0/s1. The van der Waals surface area contributed by atoms with E-state index in [1.54, 1.807) is 38.3 Å². The average Bonchev–Trinajstić information content (AvgIpc) is 2.63. The summed E-state index contributed by atoms with van der Waals surface area (Å²) in [7, 11) is -2.12. The van der Waals surface area contributed by atoms with E-state index in [0.29, 0.717) is 30.5 Å². The highest BCUT2D eigenvalue weighted by Crippen LogP contribution is 2.31. The zero-order chi connectivity index (χ0) is 20.0. The van der Waals surface area contributed by atoms with Crippen molar-refractivity contribution in [3.8, 4) is 17.2 Å². The summed E-state index contributed by atoms with van der Waals surface area (Å²) in [6.45, 7) is 8.41. The summed E-state index contributed by atoms with van der Waals surface area (Å²) < 4.78 is 44.6. The number of ether oxygens (including phenoxy) is 3. The Bertz CT molecular complexity index is 880. The van der Waals surface area contributed by atoms with Crippen molar-refractivity contribution in [3.05, 3.63) is 47.5 Å². The predicted molar refractivity (Wildman–Crippen MR) is 105 cm³/mol. The Hall–Kier alpha value is -2.25. The van der Waals surface area contributed by atoms with Crippen molar-refractivity contribution in [2.24, 2.45) is 0 Å². The highest BCUT2D eigenvalue weighted by Gasteiger charge is 2.20. The van der Waals surface area contributed by atoms with Gasteiger partial charge in [0.1, 0.15) is 5.75 Å². The third-order valence-electron chi connectivity index (χ3n) is 4.08. The molecular weight excluding hydrogens is 366 g/mol. The molecule has 27 heavy (non-hydrogen) atoms. The van der Waals surface area contributed by atoms with E-state index in [0.717, 1.165) is 11.1 Å². The van der Waals surface area contributed by atoms with Crippen molar-refractivity contribution in [2.45, 2.75) is 38.6 Å². The van der Waals surface area contributed by atoms with Gasteiger partial charge in [0.15, 0.2) is 11.5 Å². The molecule has 7 heteroatoms. The van der Waals surface area contributed by atoms with Crippen LogP contribution in [0.3, 0.4) is 0 Å². The number of sulfonamides is 1. The van der Waals surface area contributed by atoms with E-state index in [-0.39, 0.29) is 4.90 Å². The van der Waals surface area contributed by atoms with Crippen molar-refractivity contribution >= 4 is 10.0 Å². The summed E-state index contributed by atoms with van der Waals surface area (Å²) in [5.41, 5.74) is 1.54. The largest absolute Gasteiger partial charge is 0.496 e. The molecular formula is C20H27NO5S. The number of aryl methyl sites for hydroxylation is 1. The Balaban J connectivity index is 2.26. The quantitative estimate of drug-likeness (QED) is 0.701. The Labute approximate surface area is 161 Å². The summed E-state index contributed by atoms with van der Waals surface area (Å²) in [5, 5.41) is 0. The Morgan fingerprint density at radius 3 is 2.19 bits per heavy atom. The molecule has 6 nitrogen and oxygen atoms in total. The van der Waals surface area contributed by atoms with Gasteiger partial charge >= 0.3 is 0 Å². The molecule has 0 heterocycles. The molecule has 1 atom stereocenters. The molecule has 0 aliphatic heterocycles. The summed E-state index contributed by atoms with van der Waals surface area (Å²) in [4.78, 5) is 0.198. The SMILES string of the molecule is CCOc1ccc([C@H](C)NS(=O)(=O)c2ccc(OC)c(C)c2)cc1OCC. The molecule has 2 aromatic carbocycles. The van der Waals surface area contributed by atoms with Crippen molar-refractivity contribution in [1.82, 2.24) is 4.72 Å². The van der Waals surface area contributed by atoms with Crippen LogP contribution in [0.5, 0.6) is 17.2 Å². The van der Waals surface area contributed by atoms with Crippen LogP contribution >= 0.6 is 0 Å². The van der Waals surface area contributed by atoms with Gasteiger partial charge in [0.05, 0.1) is 25.2 Å². The average molecular weight is 394 g/mol. The molecule has 1 N–H and O–H groups in total. The third-order valence-corrected chi connectivity index (χ3v) is 5.61. The maximum atomic E-state index is 12.7. The Morgan fingerprint density at radius 2 is 1.59 bits per heavy atom. The number of hydrogen-bond donors (Lipinski definition) is 1. The molecule has 0 fully saturated rings. The zero-order valence-corrected chi connectivity index (χ0v) is 17.2.